The number of hydrazone groups is 1. The Hall–Kier alpha value is -0.610. The zero-order valence-electron chi connectivity index (χ0n) is 10.8. The molecule has 0 atom stereocenters. The van der Waals surface area contributed by atoms with E-state index < -0.39 is 0 Å². The molecule has 0 aromatic heterocycles. The molecule has 0 rings (SSSR count). The fourth-order valence-corrected chi connectivity index (χ4v) is 1.60. The summed E-state index contributed by atoms with van der Waals surface area (Å²) >= 11 is 0. The number of rotatable bonds is 7. The zero-order chi connectivity index (χ0) is 11.8. The molecule has 0 amide bonds. The summed E-state index contributed by atoms with van der Waals surface area (Å²) < 4.78 is 10.5. The number of methoxy groups -OCH3 is 2. The first-order valence-electron chi connectivity index (χ1n) is 5.41. The van der Waals surface area contributed by atoms with Crippen molar-refractivity contribution in [3.8, 4) is 0 Å². The van der Waals surface area contributed by atoms with Gasteiger partial charge in [-0.3, -0.25) is 0 Å². The maximum atomic E-state index is 5.27. The summed E-state index contributed by atoms with van der Waals surface area (Å²) in [6.45, 7) is 4.31. The average Bonchev–Trinajstić information content (AvgIpc) is 2.20. The molecule has 90 valence electrons. The highest BCUT2D eigenvalue weighted by atomic mass is 16.7. The van der Waals surface area contributed by atoms with Gasteiger partial charge in [-0.15, -0.1) is 0 Å². The van der Waals surface area contributed by atoms with Gasteiger partial charge in [0, 0.05) is 34.2 Å². The molecule has 0 heterocycles. The van der Waals surface area contributed by atoms with Crippen molar-refractivity contribution in [2.75, 3.05) is 28.3 Å². The second kappa shape index (κ2) is 7.65. The van der Waals surface area contributed by atoms with E-state index in [2.05, 4.69) is 18.9 Å². The molecule has 0 aromatic carbocycles. The predicted molar refractivity (Wildman–Crippen MR) is 63.0 cm³/mol. The summed E-state index contributed by atoms with van der Waals surface area (Å²) in [5.74, 6) is 0.414. The molecule has 15 heavy (non-hydrogen) atoms. The Morgan fingerprint density at radius 3 is 1.87 bits per heavy atom. The van der Waals surface area contributed by atoms with Gasteiger partial charge in [0.2, 0.25) is 0 Å². The van der Waals surface area contributed by atoms with Crippen LogP contribution in [0.5, 0.6) is 0 Å². The Balaban J connectivity index is 4.85. The van der Waals surface area contributed by atoms with Crippen LogP contribution in [0.25, 0.3) is 0 Å². The molecule has 0 aromatic rings. The molecule has 4 nitrogen and oxygen atoms in total. The van der Waals surface area contributed by atoms with Gasteiger partial charge in [-0.1, -0.05) is 13.8 Å². The quantitative estimate of drug-likeness (QED) is 0.370. The monoisotopic (exact) mass is 216 g/mol. The van der Waals surface area contributed by atoms with E-state index in [1.807, 2.05) is 14.1 Å². The lowest BCUT2D eigenvalue weighted by molar-refractivity contribution is -0.0559. The predicted octanol–water partition coefficient (Wildman–Crippen LogP) is 1.96. The fourth-order valence-electron chi connectivity index (χ4n) is 1.60. The van der Waals surface area contributed by atoms with Gasteiger partial charge in [0.25, 0.3) is 0 Å². The molecule has 0 radical (unpaired) electrons. The third-order valence-electron chi connectivity index (χ3n) is 2.39. The van der Waals surface area contributed by atoms with E-state index in [0.717, 1.165) is 18.6 Å². The summed E-state index contributed by atoms with van der Waals surface area (Å²) in [5.41, 5.74) is 0.968. The van der Waals surface area contributed by atoms with Gasteiger partial charge >= 0.3 is 0 Å². The molecule has 0 bridgehead atoms. The summed E-state index contributed by atoms with van der Waals surface area (Å²) in [6, 6.07) is 0. The van der Waals surface area contributed by atoms with E-state index in [0.29, 0.717) is 5.92 Å². The van der Waals surface area contributed by atoms with Crippen LogP contribution in [0.2, 0.25) is 0 Å². The van der Waals surface area contributed by atoms with Crippen LogP contribution < -0.4 is 0 Å². The fraction of sp³-hybridized carbons (Fsp3) is 0.909. The molecule has 0 spiro atoms. The maximum absolute atomic E-state index is 5.27. The lowest BCUT2D eigenvalue weighted by atomic mass is 9.97. The molecule has 0 aliphatic carbocycles. The standard InChI is InChI=1S/C11H24N2O2/c1-7-9(8-2)10(12-13(3)4)11(14-5)15-6/h9,11H,7-8H2,1-6H3/b12-10+. The van der Waals surface area contributed by atoms with Gasteiger partial charge in [0.05, 0.1) is 5.71 Å². The Morgan fingerprint density at radius 1 is 1.13 bits per heavy atom. The molecule has 4 heteroatoms. The van der Waals surface area contributed by atoms with E-state index in [1.54, 1.807) is 19.2 Å². The number of hydrogen-bond donors (Lipinski definition) is 0. The van der Waals surface area contributed by atoms with Crippen molar-refractivity contribution in [3.05, 3.63) is 0 Å². The van der Waals surface area contributed by atoms with E-state index in [1.165, 1.54) is 0 Å². The van der Waals surface area contributed by atoms with Crippen LogP contribution in [0.1, 0.15) is 26.7 Å². The van der Waals surface area contributed by atoms with Gasteiger partial charge in [-0.2, -0.15) is 5.10 Å². The number of nitrogens with zero attached hydrogens (tertiary/aromatic N) is 2. The van der Waals surface area contributed by atoms with E-state index >= 15 is 0 Å². The highest BCUT2D eigenvalue weighted by Gasteiger charge is 2.22. The van der Waals surface area contributed by atoms with Crippen molar-refractivity contribution in [2.45, 2.75) is 33.0 Å². The van der Waals surface area contributed by atoms with Gasteiger partial charge in [0.15, 0.2) is 6.29 Å². The highest BCUT2D eigenvalue weighted by Crippen LogP contribution is 2.15. The first kappa shape index (κ1) is 14.4. The van der Waals surface area contributed by atoms with Gasteiger partial charge in [-0.05, 0) is 12.8 Å². The van der Waals surface area contributed by atoms with Crippen LogP contribution in [-0.4, -0.2) is 45.3 Å². The Labute approximate surface area is 93.2 Å². The molecule has 0 saturated carbocycles. The maximum Gasteiger partial charge on any atom is 0.198 e. The highest BCUT2D eigenvalue weighted by molar-refractivity contribution is 5.89. The van der Waals surface area contributed by atoms with Crippen LogP contribution in [0.3, 0.4) is 0 Å². The SMILES string of the molecule is CCC(CC)/C(=N\N(C)C)C(OC)OC. The first-order chi connectivity index (χ1) is 7.10. The Morgan fingerprint density at radius 2 is 1.60 bits per heavy atom. The minimum Gasteiger partial charge on any atom is -0.351 e. The summed E-state index contributed by atoms with van der Waals surface area (Å²) in [6.07, 6.45) is 1.76. The van der Waals surface area contributed by atoms with Crippen LogP contribution in [0.15, 0.2) is 5.10 Å². The van der Waals surface area contributed by atoms with E-state index in [4.69, 9.17) is 9.47 Å². The molecular formula is C11H24N2O2. The van der Waals surface area contributed by atoms with Crippen molar-refractivity contribution in [2.24, 2.45) is 11.0 Å². The summed E-state index contributed by atoms with van der Waals surface area (Å²) in [7, 11) is 7.10. The van der Waals surface area contributed by atoms with Crippen LogP contribution in [-0.2, 0) is 9.47 Å². The van der Waals surface area contributed by atoms with Gasteiger partial charge in [0.1, 0.15) is 0 Å². The van der Waals surface area contributed by atoms with Crippen molar-refractivity contribution >= 4 is 5.71 Å². The zero-order valence-corrected chi connectivity index (χ0v) is 10.8. The average molecular weight is 216 g/mol. The van der Waals surface area contributed by atoms with Gasteiger partial charge < -0.3 is 14.5 Å². The van der Waals surface area contributed by atoms with Gasteiger partial charge in [-0.25, -0.2) is 0 Å². The first-order valence-corrected chi connectivity index (χ1v) is 5.41. The molecule has 0 N–H and O–H groups in total. The molecule has 0 saturated heterocycles. The van der Waals surface area contributed by atoms with Crippen molar-refractivity contribution < 1.29 is 9.47 Å². The van der Waals surface area contributed by atoms with Crippen molar-refractivity contribution in [1.29, 1.82) is 0 Å². The number of ether oxygens (including phenoxy) is 2. The van der Waals surface area contributed by atoms with E-state index in [-0.39, 0.29) is 6.29 Å². The normalized spacial score (nSPS) is 12.7. The van der Waals surface area contributed by atoms with Crippen LogP contribution in [0, 0.1) is 5.92 Å². The third-order valence-corrected chi connectivity index (χ3v) is 2.39. The third kappa shape index (κ3) is 4.62. The molecular weight excluding hydrogens is 192 g/mol. The topological polar surface area (TPSA) is 34.1 Å². The Bertz CT molecular complexity index is 171. The lowest BCUT2D eigenvalue weighted by Gasteiger charge is -2.23. The second-order valence-corrected chi connectivity index (χ2v) is 3.69. The van der Waals surface area contributed by atoms with Crippen molar-refractivity contribution in [1.82, 2.24) is 5.01 Å². The molecule has 0 fully saturated rings. The lowest BCUT2D eigenvalue weighted by Crippen LogP contribution is -2.33. The second-order valence-electron chi connectivity index (χ2n) is 3.69. The molecule has 0 unspecified atom stereocenters. The molecule has 0 aliphatic heterocycles. The van der Waals surface area contributed by atoms with Crippen LogP contribution in [0.4, 0.5) is 0 Å². The minimum absolute atomic E-state index is 0.336. The smallest absolute Gasteiger partial charge is 0.198 e. The molecule has 0 aliphatic rings. The Kier molecular flexibility index (Phi) is 7.34. The largest absolute Gasteiger partial charge is 0.351 e. The van der Waals surface area contributed by atoms with Crippen LogP contribution >= 0.6 is 0 Å². The summed E-state index contributed by atoms with van der Waals surface area (Å²) in [5, 5.41) is 6.25. The van der Waals surface area contributed by atoms with E-state index in [9.17, 15) is 0 Å². The summed E-state index contributed by atoms with van der Waals surface area (Å²) in [4.78, 5) is 0. The minimum atomic E-state index is -0.336. The number of hydrogen-bond acceptors (Lipinski definition) is 4. The van der Waals surface area contributed by atoms with Crippen molar-refractivity contribution in [3.63, 3.8) is 0 Å².